The highest BCUT2D eigenvalue weighted by Gasteiger charge is 2.20. The largest absolute Gasteiger partial charge is 0.398 e. The lowest BCUT2D eigenvalue weighted by atomic mass is 9.94. The number of nitrogens with one attached hydrogen (secondary N) is 1. The van der Waals surface area contributed by atoms with Crippen molar-refractivity contribution in [2.45, 2.75) is 38.1 Å². The van der Waals surface area contributed by atoms with Gasteiger partial charge in [0.05, 0.1) is 0 Å². The molecule has 3 heteroatoms. The van der Waals surface area contributed by atoms with Gasteiger partial charge in [-0.25, -0.2) is 0 Å². The summed E-state index contributed by atoms with van der Waals surface area (Å²) in [4.78, 5) is 12.7. The van der Waals surface area contributed by atoms with E-state index < -0.39 is 0 Å². The van der Waals surface area contributed by atoms with Crippen molar-refractivity contribution in [2.75, 3.05) is 5.73 Å². The summed E-state index contributed by atoms with van der Waals surface area (Å²) >= 11 is 0. The maximum atomic E-state index is 12.7. The molecule has 1 amide bonds. The molecule has 2 aromatic carbocycles. The van der Waals surface area contributed by atoms with Crippen LogP contribution in [0, 0.1) is 0 Å². The third-order valence-electron chi connectivity index (χ3n) is 4.34. The van der Waals surface area contributed by atoms with E-state index in [1.165, 1.54) is 19.3 Å². The molecule has 0 aromatic heterocycles. The molecular weight excluding hydrogens is 272 g/mol. The van der Waals surface area contributed by atoms with Crippen molar-refractivity contribution in [2.24, 2.45) is 0 Å². The molecule has 0 atom stereocenters. The highest BCUT2D eigenvalue weighted by atomic mass is 16.1. The molecule has 0 bridgehead atoms. The first-order chi connectivity index (χ1) is 10.8. The van der Waals surface area contributed by atoms with Gasteiger partial charge in [0.2, 0.25) is 0 Å². The molecule has 1 saturated carbocycles. The van der Waals surface area contributed by atoms with Gasteiger partial charge in [-0.1, -0.05) is 55.7 Å². The van der Waals surface area contributed by atoms with E-state index in [2.05, 4.69) is 5.32 Å². The average molecular weight is 294 g/mol. The minimum absolute atomic E-state index is 0.0157. The van der Waals surface area contributed by atoms with Crippen molar-refractivity contribution in [3.05, 3.63) is 54.1 Å². The topological polar surface area (TPSA) is 55.1 Å². The molecule has 3 N–H and O–H groups in total. The summed E-state index contributed by atoms with van der Waals surface area (Å²) in [5, 5.41) is 3.18. The number of anilines is 1. The highest BCUT2D eigenvalue weighted by molar-refractivity contribution is 6.03. The Balaban J connectivity index is 1.90. The summed E-state index contributed by atoms with van der Waals surface area (Å²) in [5.74, 6) is -0.0157. The summed E-state index contributed by atoms with van der Waals surface area (Å²) in [6, 6.07) is 15.7. The maximum Gasteiger partial charge on any atom is 0.252 e. The van der Waals surface area contributed by atoms with E-state index >= 15 is 0 Å². The molecule has 1 aliphatic rings. The molecule has 3 rings (SSSR count). The molecule has 0 saturated heterocycles. The molecule has 0 aliphatic heterocycles. The van der Waals surface area contributed by atoms with Crippen LogP contribution in [0.2, 0.25) is 0 Å². The quantitative estimate of drug-likeness (QED) is 0.841. The lowest BCUT2D eigenvalue weighted by molar-refractivity contribution is 0.0928. The third kappa shape index (κ3) is 3.14. The Labute approximate surface area is 131 Å². The van der Waals surface area contributed by atoms with Crippen molar-refractivity contribution in [1.29, 1.82) is 0 Å². The van der Waals surface area contributed by atoms with Gasteiger partial charge in [-0.2, -0.15) is 0 Å². The first kappa shape index (κ1) is 14.6. The van der Waals surface area contributed by atoms with Crippen LogP contribution >= 0.6 is 0 Å². The monoisotopic (exact) mass is 294 g/mol. The van der Waals surface area contributed by atoms with Gasteiger partial charge in [-0.3, -0.25) is 4.79 Å². The number of carbonyl (C=O) groups excluding carboxylic acids is 1. The number of hydrogen-bond donors (Lipinski definition) is 2. The molecular formula is C19H22N2O. The van der Waals surface area contributed by atoms with Gasteiger partial charge in [0.25, 0.3) is 5.91 Å². The fraction of sp³-hybridized carbons (Fsp3) is 0.316. The molecule has 114 valence electrons. The number of carbonyl (C=O) groups is 1. The molecule has 1 fully saturated rings. The fourth-order valence-corrected chi connectivity index (χ4v) is 3.20. The van der Waals surface area contributed by atoms with Crippen LogP contribution in [0.3, 0.4) is 0 Å². The van der Waals surface area contributed by atoms with Crippen molar-refractivity contribution in [3.63, 3.8) is 0 Å². The number of nitrogens with two attached hydrogens (primary N) is 1. The summed E-state index contributed by atoms with van der Waals surface area (Å²) in [6.45, 7) is 0. The minimum Gasteiger partial charge on any atom is -0.398 e. The fourth-order valence-electron chi connectivity index (χ4n) is 3.20. The summed E-state index contributed by atoms with van der Waals surface area (Å²) in [6.07, 6.45) is 5.84. The van der Waals surface area contributed by atoms with Gasteiger partial charge in [0.1, 0.15) is 0 Å². The number of benzene rings is 2. The zero-order chi connectivity index (χ0) is 15.4. The number of nitrogen functional groups attached to an aromatic ring is 1. The lowest BCUT2D eigenvalue weighted by Crippen LogP contribution is -2.36. The number of rotatable bonds is 3. The molecule has 0 heterocycles. The molecule has 0 unspecified atom stereocenters. The smallest absolute Gasteiger partial charge is 0.252 e. The SMILES string of the molecule is Nc1cccc(C(=O)NC2CCCCC2)c1-c1ccccc1. The predicted molar refractivity (Wildman–Crippen MR) is 90.6 cm³/mol. The number of amides is 1. The van der Waals surface area contributed by atoms with Gasteiger partial charge < -0.3 is 11.1 Å². The zero-order valence-electron chi connectivity index (χ0n) is 12.7. The second kappa shape index (κ2) is 6.65. The number of hydrogen-bond acceptors (Lipinski definition) is 2. The standard InChI is InChI=1S/C19H22N2O/c20-17-13-7-12-16(18(17)14-8-3-1-4-9-14)19(22)21-15-10-5-2-6-11-15/h1,3-4,7-9,12-13,15H,2,5-6,10-11,20H2,(H,21,22). The Morgan fingerprint density at radius 2 is 1.68 bits per heavy atom. The van der Waals surface area contributed by atoms with Crippen molar-refractivity contribution in [3.8, 4) is 11.1 Å². The van der Waals surface area contributed by atoms with E-state index in [0.717, 1.165) is 24.0 Å². The Bertz CT molecular complexity index is 646. The molecule has 2 aromatic rings. The summed E-state index contributed by atoms with van der Waals surface area (Å²) < 4.78 is 0. The van der Waals surface area contributed by atoms with Gasteiger partial charge in [0, 0.05) is 22.9 Å². The Kier molecular flexibility index (Phi) is 4.42. The van der Waals surface area contributed by atoms with Crippen LogP contribution in [0.25, 0.3) is 11.1 Å². The first-order valence-corrected chi connectivity index (χ1v) is 8.00. The minimum atomic E-state index is -0.0157. The van der Waals surface area contributed by atoms with Crippen LogP contribution in [0.1, 0.15) is 42.5 Å². The molecule has 0 spiro atoms. The maximum absolute atomic E-state index is 12.7. The van der Waals surface area contributed by atoms with Crippen LogP contribution in [0.5, 0.6) is 0 Å². The van der Waals surface area contributed by atoms with Crippen molar-refractivity contribution in [1.82, 2.24) is 5.32 Å². The van der Waals surface area contributed by atoms with Crippen molar-refractivity contribution < 1.29 is 4.79 Å². The Morgan fingerprint density at radius 3 is 2.41 bits per heavy atom. The predicted octanol–water partition coefficient (Wildman–Crippen LogP) is 4.00. The van der Waals surface area contributed by atoms with Gasteiger partial charge in [0.15, 0.2) is 0 Å². The van der Waals surface area contributed by atoms with Crippen LogP contribution in [0.4, 0.5) is 5.69 Å². The third-order valence-corrected chi connectivity index (χ3v) is 4.34. The highest BCUT2D eigenvalue weighted by Crippen LogP contribution is 2.30. The first-order valence-electron chi connectivity index (χ1n) is 8.00. The van der Waals surface area contributed by atoms with Crippen molar-refractivity contribution >= 4 is 11.6 Å². The zero-order valence-corrected chi connectivity index (χ0v) is 12.7. The van der Waals surface area contributed by atoms with Gasteiger partial charge in [-0.15, -0.1) is 0 Å². The van der Waals surface area contributed by atoms with E-state index in [1.807, 2.05) is 48.5 Å². The molecule has 1 aliphatic carbocycles. The summed E-state index contributed by atoms with van der Waals surface area (Å²) in [5.41, 5.74) is 9.26. The summed E-state index contributed by atoms with van der Waals surface area (Å²) in [7, 11) is 0. The van der Waals surface area contributed by atoms with E-state index in [-0.39, 0.29) is 5.91 Å². The van der Waals surface area contributed by atoms with Crippen LogP contribution in [-0.2, 0) is 0 Å². The lowest BCUT2D eigenvalue weighted by Gasteiger charge is -2.23. The van der Waals surface area contributed by atoms with Crippen LogP contribution < -0.4 is 11.1 Å². The van der Waals surface area contributed by atoms with Gasteiger partial charge in [-0.05, 0) is 30.5 Å². The van der Waals surface area contributed by atoms with Crippen LogP contribution in [0.15, 0.2) is 48.5 Å². The van der Waals surface area contributed by atoms with E-state index in [4.69, 9.17) is 5.73 Å². The normalized spacial score (nSPS) is 15.5. The Hall–Kier alpha value is -2.29. The van der Waals surface area contributed by atoms with E-state index in [9.17, 15) is 4.79 Å². The second-order valence-corrected chi connectivity index (χ2v) is 5.94. The van der Waals surface area contributed by atoms with E-state index in [0.29, 0.717) is 17.3 Å². The molecule has 22 heavy (non-hydrogen) atoms. The van der Waals surface area contributed by atoms with Crippen LogP contribution in [-0.4, -0.2) is 11.9 Å². The average Bonchev–Trinajstić information content (AvgIpc) is 2.56. The molecule has 0 radical (unpaired) electrons. The van der Waals surface area contributed by atoms with Gasteiger partial charge >= 0.3 is 0 Å². The second-order valence-electron chi connectivity index (χ2n) is 5.94. The Morgan fingerprint density at radius 1 is 0.955 bits per heavy atom. The molecule has 3 nitrogen and oxygen atoms in total. The van der Waals surface area contributed by atoms with E-state index in [1.54, 1.807) is 0 Å².